The van der Waals surface area contributed by atoms with Crippen molar-refractivity contribution in [2.45, 2.75) is 32.5 Å². The van der Waals surface area contributed by atoms with Crippen LogP contribution in [0.15, 0.2) is 54.6 Å². The number of hydrogen-bond acceptors (Lipinski definition) is 5. The van der Waals surface area contributed by atoms with Gasteiger partial charge in [-0.25, -0.2) is 4.68 Å². The molecule has 140 valence electrons. The van der Waals surface area contributed by atoms with E-state index in [1.165, 1.54) is 5.56 Å². The molecule has 0 N–H and O–H groups in total. The molecule has 27 heavy (non-hydrogen) atoms. The molecule has 1 atom stereocenters. The third-order valence-corrected chi connectivity index (χ3v) is 5.28. The molecule has 1 aromatic heterocycles. The number of nitrogens with zero attached hydrogens (tertiary/aromatic N) is 5. The van der Waals surface area contributed by atoms with Crippen LogP contribution in [0.3, 0.4) is 0 Å². The van der Waals surface area contributed by atoms with Gasteiger partial charge in [-0.2, -0.15) is 4.68 Å². The van der Waals surface area contributed by atoms with E-state index < -0.39 is 0 Å². The zero-order chi connectivity index (χ0) is 18.6. The summed E-state index contributed by atoms with van der Waals surface area (Å²) >= 11 is 5.60. The molecule has 1 aliphatic heterocycles. The standard InChI is InChI=1S/C20H23N5OS/c1-2-26-18-12-10-16(11-13-18)19-9-6-14-23(19)15-24-20(27)25(22-21-24)17-7-4-3-5-8-17/h3-5,7-8,10-13,19H,2,6,9,14-15H2,1H3/t19-/m0/s1. The van der Waals surface area contributed by atoms with Crippen LogP contribution in [-0.2, 0) is 6.67 Å². The highest BCUT2D eigenvalue weighted by atomic mass is 32.1. The summed E-state index contributed by atoms with van der Waals surface area (Å²) in [4.78, 5) is 2.41. The molecule has 4 rings (SSSR count). The number of aromatic nitrogens is 4. The third kappa shape index (κ3) is 3.79. The molecule has 7 heteroatoms. The molecule has 0 saturated carbocycles. The van der Waals surface area contributed by atoms with Gasteiger partial charge in [0.2, 0.25) is 4.77 Å². The van der Waals surface area contributed by atoms with Gasteiger partial charge in [0.25, 0.3) is 0 Å². The fourth-order valence-electron chi connectivity index (χ4n) is 3.59. The predicted octanol–water partition coefficient (Wildman–Crippen LogP) is 3.99. The number of ether oxygens (including phenoxy) is 1. The molecule has 6 nitrogen and oxygen atoms in total. The second kappa shape index (κ2) is 8.02. The molecule has 2 heterocycles. The fraction of sp³-hybridized carbons (Fsp3) is 0.350. The van der Waals surface area contributed by atoms with E-state index >= 15 is 0 Å². The summed E-state index contributed by atoms with van der Waals surface area (Å²) in [5.74, 6) is 0.916. The number of hydrogen-bond donors (Lipinski definition) is 0. The SMILES string of the molecule is CCOc1ccc([C@@H]2CCCN2Cn2nnn(-c3ccccc3)c2=S)cc1. The molecular weight excluding hydrogens is 358 g/mol. The summed E-state index contributed by atoms with van der Waals surface area (Å²) in [6.45, 7) is 4.35. The lowest BCUT2D eigenvalue weighted by atomic mass is 10.0. The van der Waals surface area contributed by atoms with Crippen LogP contribution in [0.2, 0.25) is 0 Å². The lowest BCUT2D eigenvalue weighted by molar-refractivity contribution is 0.188. The first-order valence-corrected chi connectivity index (χ1v) is 9.72. The Balaban J connectivity index is 1.52. The first-order valence-electron chi connectivity index (χ1n) is 9.31. The molecule has 1 fully saturated rings. The lowest BCUT2D eigenvalue weighted by Gasteiger charge is -2.24. The van der Waals surface area contributed by atoms with Crippen molar-refractivity contribution in [3.8, 4) is 11.4 Å². The second-order valence-electron chi connectivity index (χ2n) is 6.62. The lowest BCUT2D eigenvalue weighted by Crippen LogP contribution is -2.27. The summed E-state index contributed by atoms with van der Waals surface area (Å²) in [5.41, 5.74) is 2.23. The van der Waals surface area contributed by atoms with Gasteiger partial charge in [-0.05, 0) is 72.2 Å². The molecule has 0 aliphatic carbocycles. The van der Waals surface area contributed by atoms with Gasteiger partial charge in [-0.3, -0.25) is 4.90 Å². The molecule has 2 aromatic carbocycles. The van der Waals surface area contributed by atoms with Crippen LogP contribution < -0.4 is 4.74 Å². The number of tetrazole rings is 1. The van der Waals surface area contributed by atoms with Crippen LogP contribution in [0, 0.1) is 4.77 Å². The molecule has 0 bridgehead atoms. The Morgan fingerprint density at radius 2 is 1.85 bits per heavy atom. The maximum absolute atomic E-state index is 5.60. The Bertz CT molecular complexity index is 935. The highest BCUT2D eigenvalue weighted by Gasteiger charge is 2.27. The minimum atomic E-state index is 0.365. The van der Waals surface area contributed by atoms with E-state index in [2.05, 4.69) is 27.5 Å². The van der Waals surface area contributed by atoms with E-state index in [4.69, 9.17) is 17.0 Å². The van der Waals surface area contributed by atoms with Crippen LogP contribution in [0.5, 0.6) is 5.75 Å². The molecule has 0 amide bonds. The smallest absolute Gasteiger partial charge is 0.221 e. The van der Waals surface area contributed by atoms with Crippen LogP contribution >= 0.6 is 12.2 Å². The van der Waals surface area contributed by atoms with Gasteiger partial charge in [-0.15, -0.1) is 0 Å². The average molecular weight is 382 g/mol. The van der Waals surface area contributed by atoms with Crippen molar-refractivity contribution in [2.75, 3.05) is 13.2 Å². The van der Waals surface area contributed by atoms with Crippen molar-refractivity contribution in [1.29, 1.82) is 0 Å². The number of para-hydroxylation sites is 1. The normalized spacial score (nSPS) is 17.3. The number of rotatable bonds is 6. The quantitative estimate of drug-likeness (QED) is 0.604. The van der Waals surface area contributed by atoms with E-state index in [0.717, 1.165) is 30.8 Å². The second-order valence-corrected chi connectivity index (χ2v) is 6.99. The zero-order valence-electron chi connectivity index (χ0n) is 15.4. The first kappa shape index (κ1) is 17.9. The zero-order valence-corrected chi connectivity index (χ0v) is 16.2. The van der Waals surface area contributed by atoms with Gasteiger partial charge in [0.15, 0.2) is 0 Å². The summed E-state index contributed by atoms with van der Waals surface area (Å²) in [6, 6.07) is 18.7. The maximum atomic E-state index is 5.60. The maximum Gasteiger partial charge on any atom is 0.221 e. The van der Waals surface area contributed by atoms with Crippen LogP contribution in [0.4, 0.5) is 0 Å². The first-order chi connectivity index (χ1) is 13.3. The van der Waals surface area contributed by atoms with E-state index in [-0.39, 0.29) is 0 Å². The Morgan fingerprint density at radius 3 is 2.59 bits per heavy atom. The Morgan fingerprint density at radius 1 is 1.07 bits per heavy atom. The summed E-state index contributed by atoms with van der Waals surface area (Å²) < 4.78 is 9.67. The number of benzene rings is 2. The van der Waals surface area contributed by atoms with Crippen molar-refractivity contribution in [2.24, 2.45) is 0 Å². The Hall–Kier alpha value is -2.51. The monoisotopic (exact) mass is 381 g/mol. The van der Waals surface area contributed by atoms with E-state index in [0.29, 0.717) is 24.1 Å². The van der Waals surface area contributed by atoms with Crippen molar-refractivity contribution < 1.29 is 4.74 Å². The number of likely N-dealkylation sites (tertiary alicyclic amines) is 1. The van der Waals surface area contributed by atoms with Crippen molar-refractivity contribution in [1.82, 2.24) is 24.7 Å². The van der Waals surface area contributed by atoms with E-state index in [9.17, 15) is 0 Å². The largest absolute Gasteiger partial charge is 0.494 e. The van der Waals surface area contributed by atoms with Gasteiger partial charge >= 0.3 is 0 Å². The third-order valence-electron chi connectivity index (χ3n) is 4.90. The molecule has 0 unspecified atom stereocenters. The van der Waals surface area contributed by atoms with Gasteiger partial charge in [0, 0.05) is 12.6 Å². The Kier molecular flexibility index (Phi) is 5.31. The molecule has 1 aliphatic rings. The van der Waals surface area contributed by atoms with Gasteiger partial charge in [0.1, 0.15) is 5.75 Å². The van der Waals surface area contributed by atoms with Gasteiger partial charge < -0.3 is 4.74 Å². The van der Waals surface area contributed by atoms with Crippen molar-refractivity contribution in [3.05, 3.63) is 64.9 Å². The minimum absolute atomic E-state index is 0.365. The summed E-state index contributed by atoms with van der Waals surface area (Å²) in [6.07, 6.45) is 2.30. The van der Waals surface area contributed by atoms with Crippen LogP contribution in [0.1, 0.15) is 31.4 Å². The average Bonchev–Trinajstić information content (AvgIpc) is 3.31. The fourth-order valence-corrected chi connectivity index (χ4v) is 3.83. The minimum Gasteiger partial charge on any atom is -0.494 e. The van der Waals surface area contributed by atoms with Crippen LogP contribution in [-0.4, -0.2) is 37.8 Å². The van der Waals surface area contributed by atoms with Crippen LogP contribution in [0.25, 0.3) is 5.69 Å². The van der Waals surface area contributed by atoms with E-state index in [1.54, 1.807) is 9.36 Å². The van der Waals surface area contributed by atoms with Gasteiger partial charge in [0.05, 0.1) is 19.0 Å². The molecular formula is C20H23N5OS. The van der Waals surface area contributed by atoms with E-state index in [1.807, 2.05) is 49.4 Å². The molecule has 0 radical (unpaired) electrons. The summed E-state index contributed by atoms with van der Waals surface area (Å²) in [7, 11) is 0. The molecule has 0 spiro atoms. The topological polar surface area (TPSA) is 48.1 Å². The summed E-state index contributed by atoms with van der Waals surface area (Å²) in [5, 5.41) is 8.53. The predicted molar refractivity (Wildman–Crippen MR) is 106 cm³/mol. The van der Waals surface area contributed by atoms with Gasteiger partial charge in [-0.1, -0.05) is 30.3 Å². The molecule has 1 saturated heterocycles. The highest BCUT2D eigenvalue weighted by molar-refractivity contribution is 7.71. The van der Waals surface area contributed by atoms with Crippen molar-refractivity contribution in [3.63, 3.8) is 0 Å². The highest BCUT2D eigenvalue weighted by Crippen LogP contribution is 2.33. The van der Waals surface area contributed by atoms with Crippen molar-refractivity contribution >= 4 is 12.2 Å². The molecule has 3 aromatic rings. The Labute approximate surface area is 164 Å².